The van der Waals surface area contributed by atoms with Crippen molar-refractivity contribution in [2.75, 3.05) is 18.5 Å². The van der Waals surface area contributed by atoms with Crippen LogP contribution in [0, 0.1) is 21.8 Å². The van der Waals surface area contributed by atoms with E-state index in [2.05, 4.69) is 13.8 Å². The van der Waals surface area contributed by atoms with Gasteiger partial charge in [-0.1, -0.05) is 20.3 Å². The number of nitrogens with zero attached hydrogens (tertiary/aromatic N) is 2. The van der Waals surface area contributed by atoms with Gasteiger partial charge < -0.3 is 4.90 Å². The van der Waals surface area contributed by atoms with Gasteiger partial charge in [0.1, 0.15) is 5.82 Å². The molecule has 0 N–H and O–H groups in total. The van der Waals surface area contributed by atoms with Crippen molar-refractivity contribution in [1.82, 2.24) is 0 Å². The molecule has 0 aliphatic carbocycles. The van der Waals surface area contributed by atoms with E-state index in [0.29, 0.717) is 11.6 Å². The summed E-state index contributed by atoms with van der Waals surface area (Å²) in [5.74, 6) is -0.118. The molecule has 0 aliphatic rings. The fourth-order valence-electron chi connectivity index (χ4n) is 1.59. The molecule has 0 fully saturated rings. The maximum absolute atomic E-state index is 13.2. The van der Waals surface area contributed by atoms with Gasteiger partial charge in [-0.25, -0.2) is 4.39 Å². The number of nitro groups is 1. The summed E-state index contributed by atoms with van der Waals surface area (Å²) in [6.07, 6.45) is 1.02. The van der Waals surface area contributed by atoms with E-state index in [1.54, 1.807) is 0 Å². The predicted octanol–water partition coefficient (Wildman–Crippen LogP) is 3.22. The normalized spacial score (nSPS) is 12.2. The van der Waals surface area contributed by atoms with Crippen LogP contribution in [0.5, 0.6) is 0 Å². The number of non-ortho nitro benzene ring substituents is 1. The molecular formula is C12H17FN2O2. The molecule has 17 heavy (non-hydrogen) atoms. The van der Waals surface area contributed by atoms with Crippen molar-refractivity contribution in [1.29, 1.82) is 0 Å². The van der Waals surface area contributed by atoms with E-state index in [4.69, 9.17) is 0 Å². The third kappa shape index (κ3) is 3.69. The van der Waals surface area contributed by atoms with Gasteiger partial charge in [0.15, 0.2) is 0 Å². The maximum atomic E-state index is 13.2. The van der Waals surface area contributed by atoms with Crippen LogP contribution in [0.1, 0.15) is 20.3 Å². The first kappa shape index (κ1) is 13.4. The Kier molecular flexibility index (Phi) is 4.43. The van der Waals surface area contributed by atoms with Crippen molar-refractivity contribution in [3.63, 3.8) is 0 Å². The molecule has 0 amide bonds. The van der Waals surface area contributed by atoms with E-state index >= 15 is 0 Å². The Morgan fingerprint density at radius 3 is 2.65 bits per heavy atom. The molecule has 1 atom stereocenters. The summed E-state index contributed by atoms with van der Waals surface area (Å²) in [7, 11) is 1.81. The third-order valence-corrected chi connectivity index (χ3v) is 2.80. The first-order chi connectivity index (χ1) is 7.93. The van der Waals surface area contributed by atoms with Crippen molar-refractivity contribution in [2.45, 2.75) is 20.3 Å². The van der Waals surface area contributed by atoms with E-state index < -0.39 is 10.7 Å². The van der Waals surface area contributed by atoms with Gasteiger partial charge in [0.2, 0.25) is 0 Å². The number of benzene rings is 1. The Bertz CT molecular complexity index is 409. The summed E-state index contributed by atoms with van der Waals surface area (Å²) >= 11 is 0. The number of hydrogen-bond donors (Lipinski definition) is 0. The molecule has 1 aromatic carbocycles. The second kappa shape index (κ2) is 5.61. The highest BCUT2D eigenvalue weighted by Crippen LogP contribution is 2.23. The van der Waals surface area contributed by atoms with E-state index in [0.717, 1.165) is 19.0 Å². The van der Waals surface area contributed by atoms with E-state index in [1.165, 1.54) is 12.1 Å². The molecule has 1 unspecified atom stereocenters. The van der Waals surface area contributed by atoms with Crippen molar-refractivity contribution in [3.8, 4) is 0 Å². The lowest BCUT2D eigenvalue weighted by molar-refractivity contribution is -0.385. The minimum absolute atomic E-state index is 0.212. The van der Waals surface area contributed by atoms with Gasteiger partial charge in [0.25, 0.3) is 5.69 Å². The topological polar surface area (TPSA) is 46.4 Å². The first-order valence-corrected chi connectivity index (χ1v) is 5.60. The quantitative estimate of drug-likeness (QED) is 0.586. The van der Waals surface area contributed by atoms with Gasteiger partial charge in [-0.3, -0.25) is 10.1 Å². The molecule has 0 aliphatic heterocycles. The molecule has 0 spiro atoms. The molecule has 4 nitrogen and oxygen atoms in total. The lowest BCUT2D eigenvalue weighted by atomic mass is 10.1. The summed E-state index contributed by atoms with van der Waals surface area (Å²) in [5, 5.41) is 10.6. The average molecular weight is 240 g/mol. The van der Waals surface area contributed by atoms with E-state index in [-0.39, 0.29) is 5.69 Å². The predicted molar refractivity (Wildman–Crippen MR) is 65.8 cm³/mol. The monoisotopic (exact) mass is 240 g/mol. The lowest BCUT2D eigenvalue weighted by Gasteiger charge is -2.22. The molecule has 0 saturated carbocycles. The van der Waals surface area contributed by atoms with Gasteiger partial charge in [-0.05, 0) is 12.0 Å². The second-order valence-electron chi connectivity index (χ2n) is 4.32. The highest BCUT2D eigenvalue weighted by atomic mass is 19.1. The fraction of sp³-hybridized carbons (Fsp3) is 0.500. The molecular weight excluding hydrogens is 223 g/mol. The highest BCUT2D eigenvalue weighted by Gasteiger charge is 2.13. The van der Waals surface area contributed by atoms with Crippen molar-refractivity contribution in [2.24, 2.45) is 5.92 Å². The first-order valence-electron chi connectivity index (χ1n) is 5.60. The van der Waals surface area contributed by atoms with Crippen LogP contribution < -0.4 is 4.90 Å². The van der Waals surface area contributed by atoms with Gasteiger partial charge in [0.05, 0.1) is 11.0 Å². The molecule has 5 heteroatoms. The van der Waals surface area contributed by atoms with Crippen LogP contribution in [0.4, 0.5) is 15.8 Å². The zero-order chi connectivity index (χ0) is 13.0. The van der Waals surface area contributed by atoms with Crippen molar-refractivity contribution < 1.29 is 9.31 Å². The standard InChI is InChI=1S/C12H17FN2O2/c1-4-9(2)8-14(3)11-5-10(13)6-12(7-11)15(16)17/h5-7,9H,4,8H2,1-3H3. The number of nitro benzene ring substituents is 1. The zero-order valence-electron chi connectivity index (χ0n) is 10.3. The van der Waals surface area contributed by atoms with E-state index in [9.17, 15) is 14.5 Å². The minimum Gasteiger partial charge on any atom is -0.374 e. The van der Waals surface area contributed by atoms with Crippen molar-refractivity contribution in [3.05, 3.63) is 34.1 Å². The minimum atomic E-state index is -0.580. The Hall–Kier alpha value is -1.65. The molecule has 94 valence electrons. The summed E-state index contributed by atoms with van der Waals surface area (Å²) < 4.78 is 13.2. The zero-order valence-corrected chi connectivity index (χ0v) is 10.3. The molecule has 0 bridgehead atoms. The summed E-state index contributed by atoms with van der Waals surface area (Å²) in [5.41, 5.74) is 0.327. The van der Waals surface area contributed by atoms with Crippen molar-refractivity contribution >= 4 is 11.4 Å². The van der Waals surface area contributed by atoms with Crippen LogP contribution in [0.3, 0.4) is 0 Å². The number of anilines is 1. The molecule has 0 radical (unpaired) electrons. The number of rotatable bonds is 5. The number of hydrogen-bond acceptors (Lipinski definition) is 3. The average Bonchev–Trinajstić information content (AvgIpc) is 2.27. The van der Waals surface area contributed by atoms with Crippen LogP contribution in [0.25, 0.3) is 0 Å². The maximum Gasteiger partial charge on any atom is 0.274 e. The van der Waals surface area contributed by atoms with Crippen LogP contribution in [0.15, 0.2) is 18.2 Å². The molecule has 0 aromatic heterocycles. The Balaban J connectivity index is 2.93. The number of halogens is 1. The largest absolute Gasteiger partial charge is 0.374 e. The second-order valence-corrected chi connectivity index (χ2v) is 4.32. The highest BCUT2D eigenvalue weighted by molar-refractivity contribution is 5.53. The van der Waals surface area contributed by atoms with Crippen LogP contribution in [-0.4, -0.2) is 18.5 Å². The smallest absolute Gasteiger partial charge is 0.274 e. The Morgan fingerprint density at radius 1 is 1.47 bits per heavy atom. The third-order valence-electron chi connectivity index (χ3n) is 2.80. The van der Waals surface area contributed by atoms with Gasteiger partial charge in [0, 0.05) is 25.3 Å². The fourth-order valence-corrected chi connectivity index (χ4v) is 1.59. The molecule has 1 rings (SSSR count). The van der Waals surface area contributed by atoms with Gasteiger partial charge in [-0.15, -0.1) is 0 Å². The Morgan fingerprint density at radius 2 is 2.12 bits per heavy atom. The molecule has 0 saturated heterocycles. The molecule has 0 heterocycles. The van der Waals surface area contributed by atoms with Crippen LogP contribution in [0.2, 0.25) is 0 Å². The lowest BCUT2D eigenvalue weighted by Crippen LogP contribution is -2.23. The SMILES string of the molecule is CCC(C)CN(C)c1cc(F)cc([N+](=O)[O-])c1. The van der Waals surface area contributed by atoms with Gasteiger partial charge >= 0.3 is 0 Å². The molecule has 1 aromatic rings. The summed E-state index contributed by atoms with van der Waals surface area (Å²) in [6, 6.07) is 3.64. The summed E-state index contributed by atoms with van der Waals surface area (Å²) in [6.45, 7) is 4.91. The van der Waals surface area contributed by atoms with Crippen LogP contribution >= 0.6 is 0 Å². The van der Waals surface area contributed by atoms with Gasteiger partial charge in [-0.2, -0.15) is 0 Å². The Labute approximate surface area is 100 Å². The van der Waals surface area contributed by atoms with E-state index in [1.807, 2.05) is 11.9 Å². The van der Waals surface area contributed by atoms with Crippen LogP contribution in [-0.2, 0) is 0 Å². The summed E-state index contributed by atoms with van der Waals surface area (Å²) in [4.78, 5) is 11.9.